The van der Waals surface area contributed by atoms with Crippen LogP contribution in [0.4, 0.5) is 0 Å². The maximum atomic E-state index is 2.06. The smallest absolute Gasteiger partial charge is 0.0178 e. The topological polar surface area (TPSA) is 0 Å². The second-order valence-electron chi connectivity index (χ2n) is 0.850. The zero-order valence-electron chi connectivity index (χ0n) is 3.53. The van der Waals surface area contributed by atoms with Crippen molar-refractivity contribution < 1.29 is 0 Å². The van der Waals surface area contributed by atoms with E-state index in [4.69, 9.17) is 0 Å². The quantitative estimate of drug-likeness (QED) is 0.474. The van der Waals surface area contributed by atoms with Crippen molar-refractivity contribution in [1.29, 1.82) is 0 Å². The Morgan fingerprint density at radius 1 is 0.857 bits per heavy atom. The van der Waals surface area contributed by atoms with E-state index in [1.54, 1.807) is 21.6 Å². The minimum atomic E-state index is 0. The molecule has 0 aromatic carbocycles. The van der Waals surface area contributed by atoms with Gasteiger partial charge in [-0.15, -0.1) is 24.0 Å². The molecule has 0 unspecified atom stereocenters. The van der Waals surface area contributed by atoms with Gasteiger partial charge in [0.15, 0.2) is 0 Å². The Labute approximate surface area is 68.2 Å². The highest BCUT2D eigenvalue weighted by Crippen LogP contribution is 2.26. The maximum Gasteiger partial charge on any atom is -0.0178 e. The fourth-order valence-electron chi connectivity index (χ4n) is 0.219. The van der Waals surface area contributed by atoms with E-state index in [-0.39, 0.29) is 24.0 Å². The molecule has 1 heterocycles. The van der Waals surface area contributed by atoms with E-state index in [0.717, 1.165) is 0 Å². The fourth-order valence-corrected chi connectivity index (χ4v) is 1.43. The average Bonchev–Trinajstić information content (AvgIpc) is 1.72. The lowest BCUT2D eigenvalue weighted by atomic mass is 10.6. The molecule has 0 aromatic heterocycles. The monoisotopic (exact) mass is 244 g/mol. The van der Waals surface area contributed by atoms with E-state index in [2.05, 4.69) is 10.8 Å². The summed E-state index contributed by atoms with van der Waals surface area (Å²) in [6.45, 7) is 0. The number of rotatable bonds is 0. The van der Waals surface area contributed by atoms with Gasteiger partial charge in [-0.2, -0.15) is 0 Å². The zero-order valence-corrected chi connectivity index (χ0v) is 7.50. The highest BCUT2D eigenvalue weighted by Gasteiger charge is 1.78. The van der Waals surface area contributed by atoms with Crippen LogP contribution in [0.3, 0.4) is 0 Å². The summed E-state index contributed by atoms with van der Waals surface area (Å²) in [7, 11) is 3.49. The van der Waals surface area contributed by atoms with Crippen molar-refractivity contribution in [1.82, 2.24) is 0 Å². The van der Waals surface area contributed by atoms with Gasteiger partial charge in [0.05, 0.1) is 0 Å². The summed E-state index contributed by atoms with van der Waals surface area (Å²) in [6, 6.07) is 0. The SMILES string of the molecule is C1=CSSC=C1.I. The molecule has 0 radical (unpaired) electrons. The van der Waals surface area contributed by atoms with Crippen molar-refractivity contribution in [3.63, 3.8) is 0 Å². The lowest BCUT2D eigenvalue weighted by Gasteiger charge is -1.87. The van der Waals surface area contributed by atoms with Gasteiger partial charge in [-0.25, -0.2) is 0 Å². The van der Waals surface area contributed by atoms with E-state index in [1.165, 1.54) is 0 Å². The van der Waals surface area contributed by atoms with Gasteiger partial charge < -0.3 is 0 Å². The molecule has 1 aliphatic rings. The summed E-state index contributed by atoms with van der Waals surface area (Å²) in [5.74, 6) is 0. The van der Waals surface area contributed by atoms with Crippen LogP contribution in [-0.4, -0.2) is 0 Å². The van der Waals surface area contributed by atoms with Gasteiger partial charge in [0.25, 0.3) is 0 Å². The average molecular weight is 244 g/mol. The summed E-state index contributed by atoms with van der Waals surface area (Å²) in [5.41, 5.74) is 0. The predicted octanol–water partition coefficient (Wildman–Crippen LogP) is 3.03. The van der Waals surface area contributed by atoms with Crippen molar-refractivity contribution in [3.05, 3.63) is 23.0 Å². The van der Waals surface area contributed by atoms with E-state index >= 15 is 0 Å². The first-order valence-corrected chi connectivity index (χ1v) is 3.91. The Balaban J connectivity index is 0.000000360. The molecule has 3 heteroatoms. The molecule has 0 atom stereocenters. The van der Waals surface area contributed by atoms with Crippen LogP contribution in [0.2, 0.25) is 0 Å². The first kappa shape index (κ1) is 7.91. The van der Waals surface area contributed by atoms with Crippen molar-refractivity contribution >= 4 is 45.6 Å². The molecule has 0 aromatic rings. The lowest BCUT2D eigenvalue weighted by molar-refractivity contribution is 2.10. The van der Waals surface area contributed by atoms with Gasteiger partial charge >= 0.3 is 0 Å². The van der Waals surface area contributed by atoms with Gasteiger partial charge in [-0.3, -0.25) is 0 Å². The van der Waals surface area contributed by atoms with E-state index < -0.39 is 0 Å². The summed E-state index contributed by atoms with van der Waals surface area (Å²) >= 11 is 0. The van der Waals surface area contributed by atoms with Gasteiger partial charge in [0.2, 0.25) is 0 Å². The van der Waals surface area contributed by atoms with E-state index in [0.29, 0.717) is 0 Å². The Morgan fingerprint density at radius 2 is 1.29 bits per heavy atom. The molecule has 0 N–H and O–H groups in total. The van der Waals surface area contributed by atoms with Crippen LogP contribution in [0.25, 0.3) is 0 Å². The molecule has 1 aliphatic heterocycles. The van der Waals surface area contributed by atoms with Crippen molar-refractivity contribution in [3.8, 4) is 0 Å². The summed E-state index contributed by atoms with van der Waals surface area (Å²) in [6.07, 6.45) is 4.06. The molecule has 0 aliphatic carbocycles. The summed E-state index contributed by atoms with van der Waals surface area (Å²) < 4.78 is 0. The minimum absolute atomic E-state index is 0. The molecule has 0 saturated carbocycles. The highest BCUT2D eigenvalue weighted by atomic mass is 127. The maximum absolute atomic E-state index is 2.06. The molecule has 0 bridgehead atoms. The molecule has 1 rings (SSSR count). The van der Waals surface area contributed by atoms with Gasteiger partial charge in [0, 0.05) is 0 Å². The summed E-state index contributed by atoms with van der Waals surface area (Å²) in [5, 5.41) is 4.12. The zero-order chi connectivity index (χ0) is 4.24. The van der Waals surface area contributed by atoms with E-state index in [1.807, 2.05) is 12.2 Å². The van der Waals surface area contributed by atoms with Crippen LogP contribution in [0.5, 0.6) is 0 Å². The first-order valence-electron chi connectivity index (χ1n) is 1.64. The molecule has 0 fully saturated rings. The third kappa shape index (κ3) is 3.49. The standard InChI is InChI=1S/C4H4S2.HI/c1-2-4-6-5-3-1;/h1-4H;1H. The van der Waals surface area contributed by atoms with Crippen LogP contribution in [0.1, 0.15) is 0 Å². The van der Waals surface area contributed by atoms with Crippen LogP contribution >= 0.6 is 45.6 Å². The number of halogens is 1. The van der Waals surface area contributed by atoms with Gasteiger partial charge in [-0.1, -0.05) is 33.7 Å². The molecule has 7 heavy (non-hydrogen) atoms. The fraction of sp³-hybridized carbons (Fsp3) is 0. The van der Waals surface area contributed by atoms with E-state index in [9.17, 15) is 0 Å². The third-order valence-electron chi connectivity index (χ3n) is 0.435. The molecular weight excluding hydrogens is 239 g/mol. The normalized spacial score (nSPS) is 16.0. The summed E-state index contributed by atoms with van der Waals surface area (Å²) in [4.78, 5) is 0. The Hall–Kier alpha value is 0.910. The molecule has 40 valence electrons. The van der Waals surface area contributed by atoms with Crippen LogP contribution in [0, 0.1) is 0 Å². The highest BCUT2D eigenvalue weighted by molar-refractivity contribution is 14.0. The number of hydrogen-bond donors (Lipinski definition) is 0. The molecule has 0 amide bonds. The second kappa shape index (κ2) is 5.05. The van der Waals surface area contributed by atoms with Crippen LogP contribution < -0.4 is 0 Å². The number of allylic oxidation sites excluding steroid dienone is 2. The van der Waals surface area contributed by atoms with Gasteiger partial charge in [0.1, 0.15) is 0 Å². The molecular formula is C4H5IS2. The second-order valence-corrected chi connectivity index (χ2v) is 2.93. The Morgan fingerprint density at radius 3 is 1.43 bits per heavy atom. The van der Waals surface area contributed by atoms with Crippen LogP contribution in [-0.2, 0) is 0 Å². The van der Waals surface area contributed by atoms with Gasteiger partial charge in [-0.05, 0) is 10.8 Å². The first-order chi connectivity index (χ1) is 3.00. The molecule has 0 spiro atoms. The number of hydrogen-bond acceptors (Lipinski definition) is 2. The van der Waals surface area contributed by atoms with Crippen molar-refractivity contribution in [2.75, 3.05) is 0 Å². The van der Waals surface area contributed by atoms with Crippen molar-refractivity contribution in [2.45, 2.75) is 0 Å². The third-order valence-corrected chi connectivity index (χ3v) is 2.08. The van der Waals surface area contributed by atoms with Crippen LogP contribution in [0.15, 0.2) is 23.0 Å². The lowest BCUT2D eigenvalue weighted by Crippen LogP contribution is -1.49. The Bertz CT molecular complexity index is 75.7. The largest absolute Gasteiger partial charge is 0.107 e. The van der Waals surface area contributed by atoms with Crippen molar-refractivity contribution in [2.24, 2.45) is 0 Å². The Kier molecular flexibility index (Phi) is 5.71. The predicted molar refractivity (Wildman–Crippen MR) is 48.9 cm³/mol. The minimum Gasteiger partial charge on any atom is -0.107 e. The molecule has 0 nitrogen and oxygen atoms in total. The molecule has 0 saturated heterocycles.